The van der Waals surface area contributed by atoms with Gasteiger partial charge in [0.15, 0.2) is 46.0 Å². The zero-order chi connectivity index (χ0) is 57.7. The van der Waals surface area contributed by atoms with Crippen molar-refractivity contribution in [3.8, 4) is 46.0 Å². The van der Waals surface area contributed by atoms with Crippen LogP contribution < -0.4 is 37.0 Å². The highest BCUT2D eigenvalue weighted by molar-refractivity contribution is 7.94. The van der Waals surface area contributed by atoms with E-state index in [9.17, 15) is 0 Å². The predicted molar refractivity (Wildman–Crippen MR) is 316 cm³/mol. The van der Waals surface area contributed by atoms with Gasteiger partial charge >= 0.3 is 17.1 Å². The molecular formula is C63H74N2O12P2S2. The van der Waals surface area contributed by atoms with Gasteiger partial charge in [0.1, 0.15) is 22.4 Å². The number of fused-ring (bicyclic) bond motifs is 4. The van der Waals surface area contributed by atoms with Crippen LogP contribution in [0.2, 0.25) is 0 Å². The fraction of sp³-hybridized carbons (Fsp3) is 0.429. The molecule has 0 radical (unpaired) electrons. The van der Waals surface area contributed by atoms with E-state index in [1.54, 1.807) is 72.8 Å². The number of benzene rings is 6. The van der Waals surface area contributed by atoms with Gasteiger partial charge in [0.2, 0.25) is 0 Å². The molecule has 81 heavy (non-hydrogen) atoms. The molecule has 1 saturated carbocycles. The third kappa shape index (κ3) is 11.5. The Bertz CT molecular complexity index is 3460. The van der Waals surface area contributed by atoms with Crippen LogP contribution in [0.5, 0.6) is 46.0 Å². The lowest BCUT2D eigenvalue weighted by molar-refractivity contribution is 0.126. The summed E-state index contributed by atoms with van der Waals surface area (Å²) in [7, 11) is -14.1. The third-order valence-electron chi connectivity index (χ3n) is 15.8. The van der Waals surface area contributed by atoms with Crippen molar-refractivity contribution in [2.75, 3.05) is 0 Å². The number of ether oxygens (including phenoxy) is 4. The van der Waals surface area contributed by atoms with Crippen LogP contribution in [0.3, 0.4) is 0 Å². The highest BCUT2D eigenvalue weighted by Crippen LogP contribution is 2.61. The molecule has 0 amide bonds. The van der Waals surface area contributed by atoms with Gasteiger partial charge < -0.3 is 37.0 Å². The summed E-state index contributed by atoms with van der Waals surface area (Å²) in [5.74, 6) is 3.18. The molecule has 6 aromatic rings. The molecule has 4 aliphatic heterocycles. The maximum absolute atomic E-state index is 16.0. The van der Waals surface area contributed by atoms with Crippen molar-refractivity contribution in [1.82, 2.24) is 8.15 Å². The van der Waals surface area contributed by atoms with Crippen LogP contribution in [-0.2, 0) is 45.7 Å². The summed E-state index contributed by atoms with van der Waals surface area (Å²) in [6.07, 6.45) is 3.90. The molecule has 430 valence electrons. The Balaban J connectivity index is 1.00. The van der Waals surface area contributed by atoms with Gasteiger partial charge in [-0.1, -0.05) is 88.0 Å². The van der Waals surface area contributed by atoms with Crippen molar-refractivity contribution in [1.29, 1.82) is 0 Å². The molecule has 5 aliphatic rings. The van der Waals surface area contributed by atoms with E-state index in [4.69, 9.17) is 37.0 Å². The van der Waals surface area contributed by atoms with Gasteiger partial charge in [-0.15, -0.1) is 4.08 Å². The third-order valence-corrected chi connectivity index (χ3v) is 24.3. The van der Waals surface area contributed by atoms with Gasteiger partial charge in [-0.3, -0.25) is 0 Å². The number of aryl methyl sites for hydroxylation is 2. The van der Waals surface area contributed by atoms with E-state index in [2.05, 4.69) is 0 Å². The van der Waals surface area contributed by atoms with Gasteiger partial charge in [0.05, 0.1) is 9.79 Å². The molecule has 11 rings (SSSR count). The first-order valence-electron chi connectivity index (χ1n) is 27.9. The van der Waals surface area contributed by atoms with E-state index >= 15 is 16.8 Å². The highest BCUT2D eigenvalue weighted by Gasteiger charge is 2.54. The highest BCUT2D eigenvalue weighted by atomic mass is 32.2. The molecule has 14 nitrogen and oxygen atoms in total. The van der Waals surface area contributed by atoms with E-state index in [1.807, 2.05) is 132 Å². The Morgan fingerprint density at radius 2 is 0.753 bits per heavy atom. The van der Waals surface area contributed by atoms with E-state index in [-0.39, 0.29) is 15.7 Å². The van der Waals surface area contributed by atoms with Crippen LogP contribution >= 0.6 is 17.1 Å². The monoisotopic (exact) mass is 1180 g/mol. The van der Waals surface area contributed by atoms with E-state index in [1.165, 1.54) is 8.15 Å². The molecule has 0 N–H and O–H groups in total. The Morgan fingerprint density at radius 1 is 0.444 bits per heavy atom. The fourth-order valence-corrected chi connectivity index (χ4v) is 19.8. The minimum absolute atomic E-state index is 0.0655. The number of nitrogens with zero attached hydrogens (tertiary/aromatic N) is 2. The van der Waals surface area contributed by atoms with Crippen molar-refractivity contribution >= 4 is 37.1 Å². The molecule has 0 aromatic heterocycles. The lowest BCUT2D eigenvalue weighted by atomic mass is 9.76. The average Bonchev–Trinajstić information content (AvgIpc) is 3.95. The second kappa shape index (κ2) is 20.9. The topological polar surface area (TPSA) is 149 Å². The normalized spacial score (nSPS) is 20.1. The summed E-state index contributed by atoms with van der Waals surface area (Å²) in [4.78, 5) is 0.146. The summed E-state index contributed by atoms with van der Waals surface area (Å²) in [6.45, 7) is 23.8. The lowest BCUT2D eigenvalue weighted by Gasteiger charge is -2.47. The molecule has 18 heteroatoms. The molecule has 0 bridgehead atoms. The zero-order valence-corrected chi connectivity index (χ0v) is 51.8. The van der Waals surface area contributed by atoms with Crippen molar-refractivity contribution in [2.45, 2.75) is 178 Å². The average molecular weight is 1180 g/mol. The molecule has 6 aromatic carbocycles. The summed E-state index contributed by atoms with van der Waals surface area (Å²) in [5, 5.41) is 0. The fourth-order valence-electron chi connectivity index (χ4n) is 12.0. The number of hydrogen-bond acceptors (Lipinski definition) is 12. The SMILES string of the molecule is Cc1ccc(S(=O)(=O)N(C2CCC(C(C)(C)N(P(Oc3cccc4c3OC(C)(C)C4)Oc3cccc4c3OC(C)(C)C4)S(=O)(=O)c3ccc(C)cc3)CC2)P(Oc2cccc3c2OC(C)(C)C3)Oc2cccc3c2OC(C)(C)C3)cc1. The quantitative estimate of drug-likeness (QED) is 0.0800. The Hall–Kier alpha value is -5.60. The molecule has 4 heterocycles. The van der Waals surface area contributed by atoms with Gasteiger partial charge in [-0.25, -0.2) is 16.8 Å². The number of sulfonamides is 2. The summed E-state index contributed by atoms with van der Waals surface area (Å²) >= 11 is 0. The van der Waals surface area contributed by atoms with E-state index in [0.717, 1.165) is 33.4 Å². The summed E-state index contributed by atoms with van der Waals surface area (Å²) < 4.78 is 121. The Labute approximate surface area is 481 Å². The Kier molecular flexibility index (Phi) is 14.8. The molecular weight excluding hydrogens is 1100 g/mol. The Morgan fingerprint density at radius 3 is 1.09 bits per heavy atom. The van der Waals surface area contributed by atoms with Crippen LogP contribution in [-0.4, -0.2) is 59.0 Å². The number of hydrogen-bond donors (Lipinski definition) is 0. The first kappa shape index (κ1) is 57.2. The van der Waals surface area contributed by atoms with E-state index in [0.29, 0.717) is 97.4 Å². The zero-order valence-electron chi connectivity index (χ0n) is 48.4. The largest absolute Gasteiger partial charge is 0.483 e. The van der Waals surface area contributed by atoms with Crippen LogP contribution in [0, 0.1) is 19.8 Å². The van der Waals surface area contributed by atoms with Gasteiger partial charge in [-0.2, -0.15) is 0 Å². The molecule has 0 saturated heterocycles. The standard InChI is InChI=1S/C63H74N2O12P2S2/c1-41-25-33-49(34-26-41)80(66,67)64(78(74-51-21-13-17-43-37-59(3,4)70-55(43)51)75-52-22-14-18-44-38-60(5,6)71-56(44)52)48-31-29-47(30-32-48)63(11,12)65(81(68,69)50-35-27-42(2)28-36-50)79(76-53-23-15-19-45-39-61(7,8)72-57(45)53)77-54-24-16-20-46-40-62(9,10)73-58(46)54/h13-28,33-36,47-48H,29-32,37-40H2,1-12H3. The van der Waals surface area contributed by atoms with Crippen LogP contribution in [0.25, 0.3) is 0 Å². The van der Waals surface area contributed by atoms with Crippen LogP contribution in [0.1, 0.15) is 128 Å². The molecule has 0 spiro atoms. The van der Waals surface area contributed by atoms with E-state index < -0.39 is 71.1 Å². The lowest BCUT2D eigenvalue weighted by Crippen LogP contribution is -2.52. The van der Waals surface area contributed by atoms with Crippen molar-refractivity contribution in [2.24, 2.45) is 5.92 Å². The van der Waals surface area contributed by atoms with Crippen LogP contribution in [0.15, 0.2) is 131 Å². The van der Waals surface area contributed by atoms with Crippen molar-refractivity contribution < 1.29 is 53.9 Å². The number of para-hydroxylation sites is 4. The molecule has 0 atom stereocenters. The first-order chi connectivity index (χ1) is 38.1. The van der Waals surface area contributed by atoms with Crippen molar-refractivity contribution in [3.05, 3.63) is 155 Å². The second-order valence-corrected chi connectivity index (χ2v) is 31.9. The maximum atomic E-state index is 16.0. The minimum Gasteiger partial charge on any atom is -0.483 e. The van der Waals surface area contributed by atoms with Gasteiger partial charge in [0.25, 0.3) is 20.0 Å². The molecule has 0 unspecified atom stereocenters. The summed E-state index contributed by atoms with van der Waals surface area (Å²) in [5.41, 5.74) is 2.15. The number of rotatable bonds is 17. The predicted octanol–water partition coefficient (Wildman–Crippen LogP) is 14.9. The minimum atomic E-state index is -4.48. The smallest absolute Gasteiger partial charge is 0.400 e. The second-order valence-electron chi connectivity index (χ2n) is 25.3. The van der Waals surface area contributed by atoms with Gasteiger partial charge in [-0.05, 0) is 163 Å². The molecule has 1 aliphatic carbocycles. The first-order valence-corrected chi connectivity index (χ1v) is 33.0. The van der Waals surface area contributed by atoms with Crippen LogP contribution in [0.4, 0.5) is 0 Å². The molecule has 1 fully saturated rings. The van der Waals surface area contributed by atoms with Gasteiger partial charge in [0, 0.05) is 59.5 Å². The van der Waals surface area contributed by atoms with Crippen molar-refractivity contribution in [3.63, 3.8) is 0 Å². The summed E-state index contributed by atoms with van der Waals surface area (Å²) in [6, 6.07) is 35.6. The maximum Gasteiger partial charge on any atom is 0.400 e.